The molecule has 0 spiro atoms. The van der Waals surface area contributed by atoms with Gasteiger partial charge in [-0.05, 0) is 24.1 Å². The lowest BCUT2D eigenvalue weighted by atomic mass is 10.2. The van der Waals surface area contributed by atoms with Crippen molar-refractivity contribution >= 4 is 40.6 Å². The first-order valence-corrected chi connectivity index (χ1v) is 7.33. The highest BCUT2D eigenvalue weighted by Gasteiger charge is 2.20. The summed E-state index contributed by atoms with van der Waals surface area (Å²) in [6.07, 6.45) is 2.41. The number of amides is 1. The number of carbonyl (C=O) groups is 1. The van der Waals surface area contributed by atoms with Gasteiger partial charge in [0.05, 0.1) is 16.6 Å². The van der Waals surface area contributed by atoms with Gasteiger partial charge in [0, 0.05) is 18.4 Å². The predicted molar refractivity (Wildman–Crippen MR) is 85.2 cm³/mol. The zero-order chi connectivity index (χ0) is 14.8. The fraction of sp³-hybridized carbons (Fsp3) is 0.200. The number of pyridine rings is 1. The molecule has 4 nitrogen and oxygen atoms in total. The lowest BCUT2D eigenvalue weighted by molar-refractivity contribution is -0.115. The summed E-state index contributed by atoms with van der Waals surface area (Å²) in [6, 6.07) is 9.66. The van der Waals surface area contributed by atoms with E-state index >= 15 is 0 Å². The minimum absolute atomic E-state index is 0.150. The summed E-state index contributed by atoms with van der Waals surface area (Å²) in [4.78, 5) is 18.2. The molecule has 6 heteroatoms. The van der Waals surface area contributed by atoms with Gasteiger partial charge in [0.15, 0.2) is 5.82 Å². The highest BCUT2D eigenvalue weighted by atomic mass is 35.5. The molecule has 2 heterocycles. The number of halogens is 2. The third-order valence-corrected chi connectivity index (χ3v) is 3.88. The Bertz CT molecular complexity index is 690. The summed E-state index contributed by atoms with van der Waals surface area (Å²) in [7, 11) is 0. The molecule has 0 saturated carbocycles. The van der Waals surface area contributed by atoms with Crippen molar-refractivity contribution in [3.63, 3.8) is 0 Å². The van der Waals surface area contributed by atoms with Crippen molar-refractivity contribution < 1.29 is 4.79 Å². The number of rotatable bonds is 3. The van der Waals surface area contributed by atoms with Gasteiger partial charge in [0.2, 0.25) is 5.91 Å². The first-order valence-electron chi connectivity index (χ1n) is 6.57. The highest BCUT2D eigenvalue weighted by molar-refractivity contribution is 6.36. The first-order chi connectivity index (χ1) is 10.1. The molecule has 1 N–H and O–H groups in total. The number of nitrogens with zero attached hydrogens (tertiary/aromatic N) is 2. The minimum atomic E-state index is -0.150. The Labute approximate surface area is 132 Å². The zero-order valence-corrected chi connectivity index (χ0v) is 12.7. The second-order valence-electron chi connectivity index (χ2n) is 4.83. The van der Waals surface area contributed by atoms with Crippen LogP contribution in [0, 0.1) is 0 Å². The Kier molecular flexibility index (Phi) is 3.99. The van der Waals surface area contributed by atoms with Gasteiger partial charge >= 0.3 is 0 Å². The lowest BCUT2D eigenvalue weighted by Gasteiger charge is -2.18. The molecule has 1 aliphatic heterocycles. The number of fused-ring (bicyclic) bond motifs is 1. The third-order valence-electron chi connectivity index (χ3n) is 3.38. The number of carbonyl (C=O) groups excluding carboxylic acids is 1. The molecule has 0 atom stereocenters. The van der Waals surface area contributed by atoms with Gasteiger partial charge in [-0.2, -0.15) is 0 Å². The average molecular weight is 322 g/mol. The van der Waals surface area contributed by atoms with E-state index in [1.54, 1.807) is 6.07 Å². The maximum absolute atomic E-state index is 12.1. The van der Waals surface area contributed by atoms with Crippen LogP contribution < -0.4 is 10.2 Å². The topological polar surface area (TPSA) is 45.2 Å². The highest BCUT2D eigenvalue weighted by Crippen LogP contribution is 2.27. The Morgan fingerprint density at radius 3 is 2.95 bits per heavy atom. The van der Waals surface area contributed by atoms with Gasteiger partial charge in [-0.25, -0.2) is 4.98 Å². The summed E-state index contributed by atoms with van der Waals surface area (Å²) in [5.74, 6) is 0.182. The molecule has 0 unspecified atom stereocenters. The van der Waals surface area contributed by atoms with E-state index in [4.69, 9.17) is 23.2 Å². The molecule has 0 aliphatic carbocycles. The number of hydrogen-bond donors (Lipinski definition) is 1. The Hall–Kier alpha value is -1.78. The van der Waals surface area contributed by atoms with E-state index in [-0.39, 0.29) is 12.5 Å². The molecule has 0 bridgehead atoms. The molecule has 21 heavy (non-hydrogen) atoms. The van der Waals surface area contributed by atoms with Crippen molar-refractivity contribution in [2.45, 2.75) is 6.42 Å². The lowest BCUT2D eigenvalue weighted by Crippen LogP contribution is -2.32. The van der Waals surface area contributed by atoms with E-state index in [1.807, 2.05) is 18.2 Å². The largest absolute Gasteiger partial charge is 0.362 e. The fourth-order valence-electron chi connectivity index (χ4n) is 2.42. The smallest absolute Gasteiger partial charge is 0.245 e. The van der Waals surface area contributed by atoms with Crippen LogP contribution in [0.4, 0.5) is 11.5 Å². The molecule has 1 aromatic heterocycles. The van der Waals surface area contributed by atoms with Gasteiger partial charge in [-0.1, -0.05) is 41.4 Å². The van der Waals surface area contributed by atoms with Gasteiger partial charge in [-0.15, -0.1) is 0 Å². The normalized spacial score (nSPS) is 13.1. The Morgan fingerprint density at radius 1 is 1.33 bits per heavy atom. The molecule has 1 aliphatic rings. The maximum Gasteiger partial charge on any atom is 0.245 e. The molecule has 0 radical (unpaired) electrons. The van der Waals surface area contributed by atoms with Crippen molar-refractivity contribution in [2.24, 2.45) is 0 Å². The summed E-state index contributed by atoms with van der Waals surface area (Å²) in [6.45, 7) is 1.12. The van der Waals surface area contributed by atoms with Crippen LogP contribution in [0.2, 0.25) is 10.0 Å². The summed E-state index contributed by atoms with van der Waals surface area (Å²) >= 11 is 11.8. The monoisotopic (exact) mass is 321 g/mol. The third kappa shape index (κ3) is 3.12. The van der Waals surface area contributed by atoms with Crippen molar-refractivity contribution in [3.05, 3.63) is 52.1 Å². The number of anilines is 2. The molecule has 0 saturated heterocycles. The Morgan fingerprint density at radius 2 is 2.14 bits per heavy atom. The standard InChI is InChI=1S/C15H13Cl2N3O/c16-11-7-12(17)15(18-8-11)19-14(21)9-20-6-5-10-3-1-2-4-13(10)20/h1-4,7-8H,5-6,9H2,(H,18,19,21). The van der Waals surface area contributed by atoms with Gasteiger partial charge in [0.25, 0.3) is 0 Å². The van der Waals surface area contributed by atoms with Gasteiger partial charge < -0.3 is 10.2 Å². The average Bonchev–Trinajstić information content (AvgIpc) is 2.85. The number of hydrogen-bond acceptors (Lipinski definition) is 3. The molecule has 0 fully saturated rings. The molecule has 1 aromatic carbocycles. The first kappa shape index (κ1) is 14.2. The predicted octanol–water partition coefficient (Wildman–Crippen LogP) is 3.39. The van der Waals surface area contributed by atoms with Crippen LogP contribution in [0.5, 0.6) is 0 Å². The van der Waals surface area contributed by atoms with Crippen LogP contribution in [-0.4, -0.2) is 24.0 Å². The molecular formula is C15H13Cl2N3O. The van der Waals surface area contributed by atoms with E-state index in [0.29, 0.717) is 15.9 Å². The van der Waals surface area contributed by atoms with Crippen molar-refractivity contribution in [3.8, 4) is 0 Å². The summed E-state index contributed by atoms with van der Waals surface area (Å²) < 4.78 is 0. The van der Waals surface area contributed by atoms with E-state index in [1.165, 1.54) is 11.8 Å². The maximum atomic E-state index is 12.1. The van der Waals surface area contributed by atoms with Crippen molar-refractivity contribution in [2.75, 3.05) is 23.3 Å². The number of para-hydroxylation sites is 1. The molecule has 2 aromatic rings. The van der Waals surface area contributed by atoms with Crippen molar-refractivity contribution in [1.82, 2.24) is 4.98 Å². The number of aromatic nitrogens is 1. The molecule has 108 valence electrons. The number of nitrogens with one attached hydrogen (secondary N) is 1. The summed E-state index contributed by atoms with van der Waals surface area (Å²) in [5.41, 5.74) is 2.38. The van der Waals surface area contributed by atoms with Crippen molar-refractivity contribution in [1.29, 1.82) is 0 Å². The number of benzene rings is 1. The van der Waals surface area contributed by atoms with E-state index < -0.39 is 0 Å². The van der Waals surface area contributed by atoms with E-state index in [0.717, 1.165) is 18.7 Å². The fourth-order valence-corrected chi connectivity index (χ4v) is 2.85. The molecular weight excluding hydrogens is 309 g/mol. The van der Waals surface area contributed by atoms with Gasteiger partial charge in [0.1, 0.15) is 0 Å². The zero-order valence-electron chi connectivity index (χ0n) is 11.1. The van der Waals surface area contributed by atoms with Crippen LogP contribution in [0.1, 0.15) is 5.56 Å². The molecule has 1 amide bonds. The molecule has 3 rings (SSSR count). The van der Waals surface area contributed by atoms with Crippen LogP contribution in [0.25, 0.3) is 0 Å². The van der Waals surface area contributed by atoms with Crippen LogP contribution in [0.3, 0.4) is 0 Å². The van der Waals surface area contributed by atoms with E-state index in [2.05, 4.69) is 21.3 Å². The van der Waals surface area contributed by atoms with Crippen LogP contribution in [-0.2, 0) is 11.2 Å². The Balaban J connectivity index is 1.68. The SMILES string of the molecule is O=C(CN1CCc2ccccc21)Nc1ncc(Cl)cc1Cl. The van der Waals surface area contributed by atoms with E-state index in [9.17, 15) is 4.79 Å². The second-order valence-corrected chi connectivity index (χ2v) is 5.68. The van der Waals surface area contributed by atoms with Crippen LogP contribution in [0.15, 0.2) is 36.5 Å². The second kappa shape index (κ2) is 5.92. The quantitative estimate of drug-likeness (QED) is 0.942. The van der Waals surface area contributed by atoms with Crippen LogP contribution >= 0.6 is 23.2 Å². The van der Waals surface area contributed by atoms with Gasteiger partial charge in [-0.3, -0.25) is 4.79 Å². The summed E-state index contributed by atoms with van der Waals surface area (Å²) in [5, 5.41) is 3.48. The minimum Gasteiger partial charge on any atom is -0.362 e.